The molecule has 0 atom stereocenters. The summed E-state index contributed by atoms with van der Waals surface area (Å²) in [6, 6.07) is 43.1. The van der Waals surface area contributed by atoms with Gasteiger partial charge in [0.25, 0.3) is 0 Å². The van der Waals surface area contributed by atoms with E-state index in [9.17, 15) is 0 Å². The topological polar surface area (TPSA) is 42.1 Å². The maximum absolute atomic E-state index is 4.84. The van der Waals surface area contributed by atoms with E-state index in [1.54, 1.807) is 0 Å². The van der Waals surface area contributed by atoms with Crippen molar-refractivity contribution in [3.05, 3.63) is 178 Å². The Kier molecular flexibility index (Phi) is 12.1. The first-order valence-electron chi connectivity index (χ1n) is 19.2. The summed E-state index contributed by atoms with van der Waals surface area (Å²) in [4.78, 5) is 5.16. The molecule has 2 fully saturated rings. The predicted octanol–water partition coefficient (Wildman–Crippen LogP) is 8.78. The summed E-state index contributed by atoms with van der Waals surface area (Å²) in [7, 11) is 4.14. The molecule has 2 aliphatic heterocycles. The average Bonchev–Trinajstić information content (AvgIpc) is 3.74. The summed E-state index contributed by atoms with van der Waals surface area (Å²) < 4.78 is 4.10. The SMILES string of the molecule is Cn1cc(Cc2ccccc2)c(C2CCN(Cc3ccccc3)CC2)n1.Cn1ncc(Cc2ccccc2)c1C1CCN(Cc2ccccc2)CC1. The van der Waals surface area contributed by atoms with Gasteiger partial charge in [-0.3, -0.25) is 19.2 Å². The lowest BCUT2D eigenvalue weighted by Gasteiger charge is -2.32. The van der Waals surface area contributed by atoms with Crippen molar-refractivity contribution in [2.24, 2.45) is 14.1 Å². The minimum absolute atomic E-state index is 0.585. The lowest BCUT2D eigenvalue weighted by Crippen LogP contribution is -2.33. The Morgan fingerprint density at radius 3 is 1.42 bits per heavy atom. The summed E-state index contributed by atoms with van der Waals surface area (Å²) in [6.07, 6.45) is 11.1. The maximum atomic E-state index is 4.84. The average molecular weight is 691 g/mol. The van der Waals surface area contributed by atoms with Gasteiger partial charge >= 0.3 is 0 Å². The third-order valence-corrected chi connectivity index (χ3v) is 10.9. The van der Waals surface area contributed by atoms with Crippen molar-refractivity contribution in [1.29, 1.82) is 0 Å². The minimum atomic E-state index is 0.585. The largest absolute Gasteiger partial charge is 0.299 e. The van der Waals surface area contributed by atoms with Gasteiger partial charge in [-0.1, -0.05) is 121 Å². The molecule has 8 rings (SSSR count). The molecule has 52 heavy (non-hydrogen) atoms. The number of hydrogen-bond acceptors (Lipinski definition) is 4. The molecule has 0 spiro atoms. The molecule has 4 heterocycles. The van der Waals surface area contributed by atoms with Crippen molar-refractivity contribution in [3.63, 3.8) is 0 Å². The summed E-state index contributed by atoms with van der Waals surface area (Å²) in [5.41, 5.74) is 11.1. The molecule has 2 saturated heterocycles. The number of aromatic nitrogens is 4. The lowest BCUT2D eigenvalue weighted by molar-refractivity contribution is 0.201. The molecule has 0 saturated carbocycles. The first-order chi connectivity index (χ1) is 25.6. The zero-order valence-electron chi connectivity index (χ0n) is 31.0. The van der Waals surface area contributed by atoms with Crippen LogP contribution in [0.5, 0.6) is 0 Å². The number of nitrogens with zero attached hydrogens (tertiary/aromatic N) is 6. The number of aryl methyl sites for hydroxylation is 2. The Morgan fingerprint density at radius 1 is 0.519 bits per heavy atom. The van der Waals surface area contributed by atoms with E-state index in [0.717, 1.165) is 52.1 Å². The highest BCUT2D eigenvalue weighted by Gasteiger charge is 2.26. The summed E-state index contributed by atoms with van der Waals surface area (Å²) in [6.45, 7) is 6.76. The van der Waals surface area contributed by atoms with Gasteiger partial charge in [-0.15, -0.1) is 0 Å². The summed E-state index contributed by atoms with van der Waals surface area (Å²) in [5.74, 6) is 1.20. The van der Waals surface area contributed by atoms with Gasteiger partial charge in [-0.2, -0.15) is 10.2 Å². The Balaban J connectivity index is 0.000000162. The number of hydrogen-bond donors (Lipinski definition) is 0. The second-order valence-corrected chi connectivity index (χ2v) is 14.8. The van der Waals surface area contributed by atoms with E-state index in [0.29, 0.717) is 11.8 Å². The van der Waals surface area contributed by atoms with Crippen LogP contribution in [0.1, 0.15) is 82.3 Å². The quantitative estimate of drug-likeness (QED) is 0.144. The third-order valence-electron chi connectivity index (χ3n) is 10.9. The molecule has 6 heteroatoms. The van der Waals surface area contributed by atoms with Gasteiger partial charge < -0.3 is 0 Å². The minimum Gasteiger partial charge on any atom is -0.299 e. The van der Waals surface area contributed by atoms with Crippen molar-refractivity contribution in [3.8, 4) is 0 Å². The van der Waals surface area contributed by atoms with Gasteiger partial charge in [0.15, 0.2) is 0 Å². The molecule has 6 nitrogen and oxygen atoms in total. The number of benzene rings is 4. The summed E-state index contributed by atoms with van der Waals surface area (Å²) in [5, 5.41) is 9.42. The van der Waals surface area contributed by atoms with Crippen LogP contribution in [0.4, 0.5) is 0 Å². The zero-order chi connectivity index (χ0) is 35.5. The highest BCUT2D eigenvalue weighted by molar-refractivity contribution is 5.31. The molecule has 0 N–H and O–H groups in total. The van der Waals surface area contributed by atoms with Crippen LogP contribution in [0.3, 0.4) is 0 Å². The van der Waals surface area contributed by atoms with Gasteiger partial charge in [0, 0.05) is 63.8 Å². The first-order valence-corrected chi connectivity index (χ1v) is 19.2. The van der Waals surface area contributed by atoms with E-state index >= 15 is 0 Å². The van der Waals surface area contributed by atoms with Crippen LogP contribution >= 0.6 is 0 Å². The van der Waals surface area contributed by atoms with E-state index in [1.807, 2.05) is 11.7 Å². The molecule has 6 aromatic rings. The van der Waals surface area contributed by atoms with Crippen LogP contribution < -0.4 is 0 Å². The van der Waals surface area contributed by atoms with Crippen molar-refractivity contribution in [1.82, 2.24) is 29.4 Å². The second kappa shape index (κ2) is 17.6. The van der Waals surface area contributed by atoms with E-state index in [4.69, 9.17) is 5.10 Å². The fraction of sp³-hybridized carbons (Fsp3) is 0.348. The van der Waals surface area contributed by atoms with Crippen LogP contribution in [-0.4, -0.2) is 55.5 Å². The van der Waals surface area contributed by atoms with Gasteiger partial charge in [0.1, 0.15) is 0 Å². The molecular formula is C46H54N6. The van der Waals surface area contributed by atoms with Gasteiger partial charge in [0.05, 0.1) is 11.9 Å². The van der Waals surface area contributed by atoms with Gasteiger partial charge in [0.2, 0.25) is 0 Å². The lowest BCUT2D eigenvalue weighted by atomic mass is 9.89. The summed E-state index contributed by atoms with van der Waals surface area (Å²) >= 11 is 0. The molecule has 0 unspecified atom stereocenters. The zero-order valence-corrected chi connectivity index (χ0v) is 31.0. The van der Waals surface area contributed by atoms with Crippen LogP contribution in [0.2, 0.25) is 0 Å². The van der Waals surface area contributed by atoms with E-state index < -0.39 is 0 Å². The molecule has 4 aromatic carbocycles. The van der Waals surface area contributed by atoms with Gasteiger partial charge in [-0.25, -0.2) is 0 Å². The molecule has 0 bridgehead atoms. The van der Waals surface area contributed by atoms with Crippen molar-refractivity contribution < 1.29 is 0 Å². The molecule has 2 aromatic heterocycles. The van der Waals surface area contributed by atoms with Crippen molar-refractivity contribution in [2.75, 3.05) is 26.2 Å². The molecule has 2 aliphatic rings. The standard InChI is InChI=1S/2C23H27N3/c1-25-23(22(17-24-25)16-19-8-4-2-5-9-19)21-12-14-26(15-13-21)18-20-10-6-3-7-11-20;1-25-18-22(16-19-8-4-2-5-9-19)23(24-25)21-12-14-26(15-13-21)17-20-10-6-3-7-11-20/h2-11,17,21H,12-16,18H2,1H3;2-11,18,21H,12-17H2,1H3. The van der Waals surface area contributed by atoms with E-state index in [2.05, 4.69) is 160 Å². The number of likely N-dealkylation sites (tertiary alicyclic amines) is 2. The maximum Gasteiger partial charge on any atom is 0.0691 e. The second-order valence-electron chi connectivity index (χ2n) is 14.8. The highest BCUT2D eigenvalue weighted by Crippen LogP contribution is 2.33. The van der Waals surface area contributed by atoms with E-state index in [1.165, 1.54) is 70.5 Å². The van der Waals surface area contributed by atoms with Crippen molar-refractivity contribution in [2.45, 2.75) is 63.5 Å². The number of rotatable bonds is 10. The fourth-order valence-electron chi connectivity index (χ4n) is 8.23. The Morgan fingerprint density at radius 2 is 0.942 bits per heavy atom. The Labute approximate surface area is 310 Å². The molecule has 0 amide bonds. The normalized spacial score (nSPS) is 16.0. The molecular weight excluding hydrogens is 637 g/mol. The first kappa shape index (κ1) is 35.6. The smallest absolute Gasteiger partial charge is 0.0691 e. The Bertz CT molecular complexity index is 1880. The van der Waals surface area contributed by atoms with E-state index in [-0.39, 0.29) is 0 Å². The van der Waals surface area contributed by atoms with Crippen LogP contribution in [-0.2, 0) is 40.0 Å². The van der Waals surface area contributed by atoms with Crippen LogP contribution in [0, 0.1) is 0 Å². The number of piperidine rings is 2. The molecule has 268 valence electrons. The van der Waals surface area contributed by atoms with Crippen LogP contribution in [0.25, 0.3) is 0 Å². The monoisotopic (exact) mass is 690 g/mol. The molecule has 0 radical (unpaired) electrons. The van der Waals surface area contributed by atoms with Crippen LogP contribution in [0.15, 0.2) is 134 Å². The fourth-order valence-corrected chi connectivity index (χ4v) is 8.23. The highest BCUT2D eigenvalue weighted by atomic mass is 15.3. The Hall–Kier alpha value is -4.78. The van der Waals surface area contributed by atoms with Crippen molar-refractivity contribution >= 4 is 0 Å². The third kappa shape index (κ3) is 9.55. The van der Waals surface area contributed by atoms with Gasteiger partial charge in [-0.05, 0) is 85.2 Å². The molecule has 0 aliphatic carbocycles. The predicted molar refractivity (Wildman–Crippen MR) is 212 cm³/mol.